The van der Waals surface area contributed by atoms with Gasteiger partial charge in [0.15, 0.2) is 0 Å². The van der Waals surface area contributed by atoms with Gasteiger partial charge in [-0.2, -0.15) is 0 Å². The molecule has 0 aliphatic carbocycles. The van der Waals surface area contributed by atoms with Crippen LogP contribution in [0.25, 0.3) is 0 Å². The highest BCUT2D eigenvalue weighted by Crippen LogP contribution is 2.05. The largest absolute Gasteiger partial charge is 0.356 e. The summed E-state index contributed by atoms with van der Waals surface area (Å²) in [5, 5.41) is 5.61. The molecule has 8 nitrogen and oxygen atoms in total. The van der Waals surface area contributed by atoms with Crippen molar-refractivity contribution in [3.05, 3.63) is 0 Å². The van der Waals surface area contributed by atoms with Crippen LogP contribution >= 0.6 is 0 Å². The van der Waals surface area contributed by atoms with Crippen molar-refractivity contribution in [2.45, 2.75) is 79.1 Å². The molecule has 0 aliphatic rings. The lowest BCUT2D eigenvalue weighted by Crippen LogP contribution is -2.35. The van der Waals surface area contributed by atoms with Crippen LogP contribution in [-0.4, -0.2) is 72.7 Å². The molecule has 0 rings (SSSR count). The van der Waals surface area contributed by atoms with Gasteiger partial charge in [-0.05, 0) is 40.5 Å². The van der Waals surface area contributed by atoms with Crippen molar-refractivity contribution < 1.29 is 19.2 Å². The first kappa shape index (κ1) is 27.9. The smallest absolute Gasteiger partial charge is 0.231 e. The molecule has 0 aromatic rings. The van der Waals surface area contributed by atoms with Crippen molar-refractivity contribution in [3.63, 3.8) is 0 Å². The predicted molar refractivity (Wildman–Crippen MR) is 119 cm³/mol. The highest BCUT2D eigenvalue weighted by molar-refractivity contribution is 5.97. The Labute approximate surface area is 182 Å². The monoisotopic (exact) mass is 426 g/mol. The zero-order valence-electron chi connectivity index (χ0n) is 19.4. The van der Waals surface area contributed by atoms with E-state index in [1.165, 1.54) is 0 Å². The molecule has 0 bridgehead atoms. The van der Waals surface area contributed by atoms with Gasteiger partial charge < -0.3 is 20.4 Å². The summed E-state index contributed by atoms with van der Waals surface area (Å²) in [6.45, 7) is 11.3. The third-order valence-corrected chi connectivity index (χ3v) is 5.10. The van der Waals surface area contributed by atoms with Crippen molar-refractivity contribution >= 4 is 23.6 Å². The quantitative estimate of drug-likeness (QED) is 0.275. The second-order valence-electron chi connectivity index (χ2n) is 7.31. The summed E-state index contributed by atoms with van der Waals surface area (Å²) in [6.07, 6.45) is 5.84. The number of hydrogen-bond acceptors (Lipinski definition) is 4. The Morgan fingerprint density at radius 3 is 1.13 bits per heavy atom. The van der Waals surface area contributed by atoms with Gasteiger partial charge in [-0.3, -0.25) is 19.2 Å². The number of unbranched alkanes of at least 4 members (excludes halogenated alkanes) is 5. The lowest BCUT2D eigenvalue weighted by molar-refractivity contribution is -0.137. The van der Waals surface area contributed by atoms with Crippen molar-refractivity contribution in [2.75, 3.05) is 39.3 Å². The van der Waals surface area contributed by atoms with E-state index in [9.17, 15) is 19.2 Å². The topological polar surface area (TPSA) is 98.8 Å². The fraction of sp³-hybridized carbons (Fsp3) is 0.818. The van der Waals surface area contributed by atoms with Crippen LogP contribution in [0.3, 0.4) is 0 Å². The normalized spacial score (nSPS) is 10.4. The van der Waals surface area contributed by atoms with Gasteiger partial charge >= 0.3 is 0 Å². The van der Waals surface area contributed by atoms with E-state index in [2.05, 4.69) is 10.6 Å². The van der Waals surface area contributed by atoms with Gasteiger partial charge in [0, 0.05) is 39.3 Å². The Bertz CT molecular complexity index is 471. The van der Waals surface area contributed by atoms with Crippen LogP contribution in [0.5, 0.6) is 0 Å². The standard InChI is InChI=1S/C22H42N4O4/c1-5-25(6-2)21(29)17-19(27)23-15-13-11-9-10-12-14-16-24-20(28)18-22(30)26(7-3)8-4/h5-18H2,1-4H3,(H,23,27)(H,24,28). The van der Waals surface area contributed by atoms with Crippen LogP contribution in [0.15, 0.2) is 0 Å². The Hall–Kier alpha value is -2.12. The maximum Gasteiger partial charge on any atom is 0.231 e. The maximum absolute atomic E-state index is 11.8. The SMILES string of the molecule is CCN(CC)C(=O)CC(=O)NCCCCCCCCNC(=O)CC(=O)N(CC)CC. The van der Waals surface area contributed by atoms with Crippen LogP contribution in [0.2, 0.25) is 0 Å². The molecular formula is C22H42N4O4. The van der Waals surface area contributed by atoms with Gasteiger partial charge in [-0.25, -0.2) is 0 Å². The molecule has 0 saturated carbocycles. The van der Waals surface area contributed by atoms with Gasteiger partial charge in [-0.15, -0.1) is 0 Å². The number of carbonyl (C=O) groups excluding carboxylic acids is 4. The molecule has 0 radical (unpaired) electrons. The Morgan fingerprint density at radius 2 is 0.833 bits per heavy atom. The van der Waals surface area contributed by atoms with E-state index in [1.54, 1.807) is 9.80 Å². The molecule has 0 aromatic heterocycles. The average molecular weight is 427 g/mol. The molecule has 0 aliphatic heterocycles. The first-order chi connectivity index (χ1) is 14.4. The lowest BCUT2D eigenvalue weighted by atomic mass is 10.1. The van der Waals surface area contributed by atoms with Crippen molar-refractivity contribution in [3.8, 4) is 0 Å². The first-order valence-corrected chi connectivity index (χ1v) is 11.5. The number of amides is 4. The van der Waals surface area contributed by atoms with Crippen LogP contribution in [0, 0.1) is 0 Å². The highest BCUT2D eigenvalue weighted by atomic mass is 16.2. The first-order valence-electron chi connectivity index (χ1n) is 11.5. The molecule has 0 aromatic carbocycles. The van der Waals surface area contributed by atoms with Crippen molar-refractivity contribution in [1.82, 2.24) is 20.4 Å². The molecule has 0 spiro atoms. The zero-order valence-corrected chi connectivity index (χ0v) is 19.4. The molecule has 0 heterocycles. The molecule has 0 fully saturated rings. The number of hydrogen-bond donors (Lipinski definition) is 2. The molecule has 8 heteroatoms. The number of carbonyl (C=O) groups is 4. The molecule has 0 unspecified atom stereocenters. The lowest BCUT2D eigenvalue weighted by Gasteiger charge is -2.18. The van der Waals surface area contributed by atoms with Crippen LogP contribution in [0.4, 0.5) is 0 Å². The summed E-state index contributed by atoms with van der Waals surface area (Å²) >= 11 is 0. The Kier molecular flexibility index (Phi) is 16.5. The van der Waals surface area contributed by atoms with Crippen LogP contribution in [-0.2, 0) is 19.2 Å². The molecular weight excluding hydrogens is 384 g/mol. The highest BCUT2D eigenvalue weighted by Gasteiger charge is 2.14. The van der Waals surface area contributed by atoms with Gasteiger partial charge in [0.05, 0.1) is 0 Å². The third-order valence-electron chi connectivity index (χ3n) is 5.10. The zero-order chi connectivity index (χ0) is 22.8. The Balaban J connectivity index is 3.60. The summed E-state index contributed by atoms with van der Waals surface area (Å²) < 4.78 is 0. The number of nitrogens with zero attached hydrogens (tertiary/aromatic N) is 2. The minimum absolute atomic E-state index is 0.0755. The number of rotatable bonds is 17. The van der Waals surface area contributed by atoms with Gasteiger partial charge in [-0.1, -0.05) is 25.7 Å². The fourth-order valence-corrected chi connectivity index (χ4v) is 3.19. The summed E-state index contributed by atoms with van der Waals surface area (Å²) in [7, 11) is 0. The van der Waals surface area contributed by atoms with E-state index in [1.807, 2.05) is 27.7 Å². The third kappa shape index (κ3) is 13.2. The van der Waals surface area contributed by atoms with Crippen LogP contribution < -0.4 is 10.6 Å². The second-order valence-corrected chi connectivity index (χ2v) is 7.31. The van der Waals surface area contributed by atoms with Crippen LogP contribution in [0.1, 0.15) is 79.1 Å². The molecule has 30 heavy (non-hydrogen) atoms. The minimum atomic E-state index is -0.206. The van der Waals surface area contributed by atoms with E-state index < -0.39 is 0 Å². The van der Waals surface area contributed by atoms with Crippen molar-refractivity contribution in [1.29, 1.82) is 0 Å². The summed E-state index contributed by atoms with van der Waals surface area (Å²) in [5.41, 5.74) is 0. The van der Waals surface area contributed by atoms with E-state index in [4.69, 9.17) is 0 Å². The van der Waals surface area contributed by atoms with Gasteiger partial charge in [0.25, 0.3) is 0 Å². The molecule has 2 N–H and O–H groups in total. The summed E-state index contributed by atoms with van der Waals surface area (Å²) in [5.74, 6) is -0.659. The van der Waals surface area contributed by atoms with E-state index in [0.29, 0.717) is 39.3 Å². The van der Waals surface area contributed by atoms with E-state index in [0.717, 1.165) is 38.5 Å². The van der Waals surface area contributed by atoms with Gasteiger partial charge in [0.1, 0.15) is 12.8 Å². The van der Waals surface area contributed by atoms with E-state index >= 15 is 0 Å². The second kappa shape index (κ2) is 17.7. The predicted octanol–water partition coefficient (Wildman–Crippen LogP) is 2.08. The summed E-state index contributed by atoms with van der Waals surface area (Å²) in [4.78, 5) is 50.6. The maximum atomic E-state index is 11.8. The summed E-state index contributed by atoms with van der Waals surface area (Å²) in [6, 6.07) is 0. The van der Waals surface area contributed by atoms with Gasteiger partial charge in [0.2, 0.25) is 23.6 Å². The molecule has 0 atom stereocenters. The fourth-order valence-electron chi connectivity index (χ4n) is 3.19. The molecule has 0 saturated heterocycles. The molecule has 174 valence electrons. The van der Waals surface area contributed by atoms with E-state index in [-0.39, 0.29) is 36.5 Å². The average Bonchev–Trinajstić information content (AvgIpc) is 2.71. The number of nitrogens with one attached hydrogen (secondary N) is 2. The molecule has 4 amide bonds. The van der Waals surface area contributed by atoms with Crippen molar-refractivity contribution in [2.24, 2.45) is 0 Å². The minimum Gasteiger partial charge on any atom is -0.356 e. The Morgan fingerprint density at radius 1 is 0.533 bits per heavy atom.